The summed E-state index contributed by atoms with van der Waals surface area (Å²) in [5.41, 5.74) is 0. The topological polar surface area (TPSA) is 94.8 Å². The highest BCUT2D eigenvalue weighted by molar-refractivity contribution is 5.89. The van der Waals surface area contributed by atoms with Crippen molar-refractivity contribution in [3.8, 4) is 0 Å². The summed E-state index contributed by atoms with van der Waals surface area (Å²) in [5.74, 6) is -0.840. The highest BCUT2D eigenvalue weighted by Gasteiger charge is 2.39. The standard InChI is InChI=1S/C22H38O5/c1-2-3-4-5-8-11-17(23)14-15-19-18(20(24)16-21(19)25)12-9-6-7-10-13-22(26)27/h14-15,18-21,24-25H,2-13,16H2,1H3,(H,26,27)/b15-14+/t18-,19-,20+,21-/m1/s1. The Morgan fingerprint density at radius 1 is 0.889 bits per heavy atom. The van der Waals surface area contributed by atoms with Crippen molar-refractivity contribution in [3.63, 3.8) is 0 Å². The maximum absolute atomic E-state index is 12.0. The first-order valence-corrected chi connectivity index (χ1v) is 10.7. The fraction of sp³-hybridized carbons (Fsp3) is 0.818. The van der Waals surface area contributed by atoms with Crippen LogP contribution in [0.1, 0.15) is 90.4 Å². The molecule has 0 spiro atoms. The molecule has 0 unspecified atom stereocenters. The summed E-state index contributed by atoms with van der Waals surface area (Å²) in [7, 11) is 0. The van der Waals surface area contributed by atoms with Gasteiger partial charge in [0.25, 0.3) is 0 Å². The summed E-state index contributed by atoms with van der Waals surface area (Å²) in [6.45, 7) is 2.17. The molecule has 0 radical (unpaired) electrons. The summed E-state index contributed by atoms with van der Waals surface area (Å²) >= 11 is 0. The van der Waals surface area contributed by atoms with E-state index in [1.54, 1.807) is 6.08 Å². The van der Waals surface area contributed by atoms with E-state index >= 15 is 0 Å². The number of aliphatic hydroxyl groups is 2. The van der Waals surface area contributed by atoms with E-state index in [1.165, 1.54) is 19.3 Å². The van der Waals surface area contributed by atoms with Crippen molar-refractivity contribution >= 4 is 11.8 Å². The van der Waals surface area contributed by atoms with Gasteiger partial charge in [0.05, 0.1) is 12.2 Å². The number of ketones is 1. The van der Waals surface area contributed by atoms with Crippen LogP contribution in [0.2, 0.25) is 0 Å². The lowest BCUT2D eigenvalue weighted by Gasteiger charge is -2.20. The van der Waals surface area contributed by atoms with Crippen LogP contribution >= 0.6 is 0 Å². The van der Waals surface area contributed by atoms with Gasteiger partial charge < -0.3 is 15.3 Å². The lowest BCUT2D eigenvalue weighted by Crippen LogP contribution is -2.20. The number of carboxylic acids is 1. The number of hydrogen-bond acceptors (Lipinski definition) is 4. The quantitative estimate of drug-likeness (QED) is 0.291. The molecular formula is C22H38O5. The Kier molecular flexibility index (Phi) is 12.3. The predicted octanol–water partition coefficient (Wildman–Crippen LogP) is 4.26. The van der Waals surface area contributed by atoms with Crippen molar-refractivity contribution in [1.29, 1.82) is 0 Å². The van der Waals surface area contributed by atoms with Gasteiger partial charge in [0.2, 0.25) is 0 Å². The van der Waals surface area contributed by atoms with E-state index in [0.29, 0.717) is 19.3 Å². The van der Waals surface area contributed by atoms with Crippen LogP contribution in [0.4, 0.5) is 0 Å². The maximum atomic E-state index is 12.0. The van der Waals surface area contributed by atoms with Crippen LogP contribution in [0, 0.1) is 11.8 Å². The van der Waals surface area contributed by atoms with Gasteiger partial charge in [0.1, 0.15) is 0 Å². The van der Waals surface area contributed by atoms with E-state index in [-0.39, 0.29) is 24.0 Å². The van der Waals surface area contributed by atoms with Gasteiger partial charge in [-0.2, -0.15) is 0 Å². The first-order valence-electron chi connectivity index (χ1n) is 10.7. The molecule has 0 aromatic rings. The van der Waals surface area contributed by atoms with Crippen molar-refractivity contribution < 1.29 is 24.9 Å². The van der Waals surface area contributed by atoms with E-state index in [4.69, 9.17) is 5.11 Å². The molecular weight excluding hydrogens is 344 g/mol. The van der Waals surface area contributed by atoms with Crippen LogP contribution < -0.4 is 0 Å². The molecule has 3 N–H and O–H groups in total. The highest BCUT2D eigenvalue weighted by Crippen LogP contribution is 2.37. The smallest absolute Gasteiger partial charge is 0.303 e. The van der Waals surface area contributed by atoms with Gasteiger partial charge in [0, 0.05) is 25.2 Å². The van der Waals surface area contributed by atoms with Crippen molar-refractivity contribution in [1.82, 2.24) is 0 Å². The van der Waals surface area contributed by atoms with Gasteiger partial charge in [-0.25, -0.2) is 0 Å². The number of carboxylic acid groups (broad SMARTS) is 1. The molecule has 4 atom stereocenters. The Bertz CT molecular complexity index is 460. The first kappa shape index (κ1) is 23.8. The molecule has 1 aliphatic rings. The molecule has 1 fully saturated rings. The molecule has 1 saturated carbocycles. The fourth-order valence-corrected chi connectivity index (χ4v) is 3.99. The summed E-state index contributed by atoms with van der Waals surface area (Å²) in [6, 6.07) is 0. The van der Waals surface area contributed by atoms with Crippen LogP contribution in [-0.4, -0.2) is 39.3 Å². The molecule has 27 heavy (non-hydrogen) atoms. The zero-order valence-electron chi connectivity index (χ0n) is 16.8. The van der Waals surface area contributed by atoms with E-state index in [0.717, 1.165) is 38.5 Å². The van der Waals surface area contributed by atoms with Crippen LogP contribution in [0.3, 0.4) is 0 Å². The van der Waals surface area contributed by atoms with Gasteiger partial charge in [-0.3, -0.25) is 9.59 Å². The Balaban J connectivity index is 2.34. The number of allylic oxidation sites excluding steroid dienone is 1. The Hall–Kier alpha value is -1.20. The van der Waals surface area contributed by atoms with Crippen LogP contribution in [0.15, 0.2) is 12.2 Å². The zero-order valence-corrected chi connectivity index (χ0v) is 16.8. The Morgan fingerprint density at radius 2 is 1.52 bits per heavy atom. The zero-order chi connectivity index (χ0) is 20.1. The SMILES string of the molecule is CCCCCCCC(=O)/C=C/[C@@H]1[C@@H](CCCCCCC(=O)O)[C@@H](O)C[C@H]1O. The third-order valence-electron chi connectivity index (χ3n) is 5.63. The van der Waals surface area contributed by atoms with Gasteiger partial charge in [0.15, 0.2) is 5.78 Å². The molecule has 5 heteroatoms. The molecule has 156 valence electrons. The first-order chi connectivity index (χ1) is 13.0. The lowest BCUT2D eigenvalue weighted by molar-refractivity contribution is -0.137. The second kappa shape index (κ2) is 13.9. The number of aliphatic hydroxyl groups excluding tert-OH is 2. The number of carbonyl (C=O) groups excluding carboxylic acids is 1. The summed E-state index contributed by atoms with van der Waals surface area (Å²) in [5, 5.41) is 29.1. The molecule has 0 aliphatic heterocycles. The summed E-state index contributed by atoms with van der Waals surface area (Å²) in [6.07, 6.45) is 13.2. The molecule has 1 rings (SSSR count). The number of rotatable bonds is 15. The third kappa shape index (κ3) is 10.1. The average molecular weight is 383 g/mol. The number of carbonyl (C=O) groups is 2. The second-order valence-electron chi connectivity index (χ2n) is 7.95. The fourth-order valence-electron chi connectivity index (χ4n) is 3.99. The highest BCUT2D eigenvalue weighted by atomic mass is 16.4. The van der Waals surface area contributed by atoms with Gasteiger partial charge in [-0.1, -0.05) is 57.9 Å². The minimum Gasteiger partial charge on any atom is -0.481 e. The minimum atomic E-state index is -0.760. The molecule has 0 amide bonds. The maximum Gasteiger partial charge on any atom is 0.303 e. The minimum absolute atomic E-state index is 0.0203. The molecule has 0 saturated heterocycles. The Morgan fingerprint density at radius 3 is 2.19 bits per heavy atom. The largest absolute Gasteiger partial charge is 0.481 e. The monoisotopic (exact) mass is 382 g/mol. The van der Waals surface area contributed by atoms with Crippen LogP contribution in [-0.2, 0) is 9.59 Å². The van der Waals surface area contributed by atoms with E-state index < -0.39 is 18.2 Å². The van der Waals surface area contributed by atoms with Crippen LogP contribution in [0.5, 0.6) is 0 Å². The molecule has 0 heterocycles. The van der Waals surface area contributed by atoms with Gasteiger partial charge in [-0.15, -0.1) is 0 Å². The van der Waals surface area contributed by atoms with Crippen molar-refractivity contribution in [2.75, 3.05) is 0 Å². The lowest BCUT2D eigenvalue weighted by atomic mass is 9.88. The van der Waals surface area contributed by atoms with E-state index in [1.807, 2.05) is 6.08 Å². The molecule has 1 aliphatic carbocycles. The number of aliphatic carboxylic acids is 1. The van der Waals surface area contributed by atoms with Crippen molar-refractivity contribution in [2.24, 2.45) is 11.8 Å². The van der Waals surface area contributed by atoms with Gasteiger partial charge >= 0.3 is 5.97 Å². The second-order valence-corrected chi connectivity index (χ2v) is 7.95. The van der Waals surface area contributed by atoms with Gasteiger partial charge in [-0.05, 0) is 31.3 Å². The normalized spacial score (nSPS) is 25.3. The predicted molar refractivity (Wildman–Crippen MR) is 106 cm³/mol. The average Bonchev–Trinajstić information content (AvgIpc) is 2.88. The molecule has 0 aromatic heterocycles. The molecule has 5 nitrogen and oxygen atoms in total. The van der Waals surface area contributed by atoms with E-state index in [9.17, 15) is 19.8 Å². The number of hydrogen-bond donors (Lipinski definition) is 3. The molecule has 0 aromatic carbocycles. The number of unbranched alkanes of at least 4 members (excludes halogenated alkanes) is 7. The van der Waals surface area contributed by atoms with Crippen LogP contribution in [0.25, 0.3) is 0 Å². The summed E-state index contributed by atoms with van der Waals surface area (Å²) in [4.78, 5) is 22.5. The Labute approximate surface area is 163 Å². The molecule has 0 bridgehead atoms. The summed E-state index contributed by atoms with van der Waals surface area (Å²) < 4.78 is 0. The van der Waals surface area contributed by atoms with E-state index in [2.05, 4.69) is 6.92 Å². The van der Waals surface area contributed by atoms with Crippen molar-refractivity contribution in [3.05, 3.63) is 12.2 Å². The third-order valence-corrected chi connectivity index (χ3v) is 5.63. The van der Waals surface area contributed by atoms with Crippen molar-refractivity contribution in [2.45, 2.75) is 103 Å².